The van der Waals surface area contributed by atoms with Crippen LogP contribution >= 0.6 is 11.6 Å². The molecule has 90 valence electrons. The van der Waals surface area contributed by atoms with E-state index in [4.69, 9.17) is 17.3 Å². The number of carbonyl (C=O) groups excluding carboxylic acids is 1. The third kappa shape index (κ3) is 2.61. The molecule has 2 rings (SSSR count). The lowest BCUT2D eigenvalue weighted by Crippen LogP contribution is -2.34. The standard InChI is InChI=1S/C13H15ClN2O/c1-9-4-6-16(7-5-9)13(17)10-2-3-12(15)11(14)8-10/h2-4,8H,5-7,15H2,1H3. The van der Waals surface area contributed by atoms with Crippen LogP contribution < -0.4 is 5.73 Å². The Bertz CT molecular complexity index is 482. The van der Waals surface area contributed by atoms with Crippen LogP contribution in [0.3, 0.4) is 0 Å². The monoisotopic (exact) mass is 250 g/mol. The van der Waals surface area contributed by atoms with Gasteiger partial charge in [0.15, 0.2) is 0 Å². The number of nitrogens with two attached hydrogens (primary N) is 1. The molecule has 0 aliphatic carbocycles. The first-order valence-electron chi connectivity index (χ1n) is 5.58. The average molecular weight is 251 g/mol. The van der Waals surface area contributed by atoms with Crippen LogP contribution in [-0.2, 0) is 0 Å². The molecule has 0 radical (unpaired) electrons. The SMILES string of the molecule is CC1=CCN(C(=O)c2ccc(N)c(Cl)c2)CC1. The van der Waals surface area contributed by atoms with Gasteiger partial charge in [0.2, 0.25) is 0 Å². The maximum Gasteiger partial charge on any atom is 0.254 e. The summed E-state index contributed by atoms with van der Waals surface area (Å²) in [6.45, 7) is 3.53. The van der Waals surface area contributed by atoms with E-state index in [0.717, 1.165) is 13.0 Å². The quantitative estimate of drug-likeness (QED) is 0.615. The van der Waals surface area contributed by atoms with E-state index < -0.39 is 0 Å². The Morgan fingerprint density at radius 2 is 2.24 bits per heavy atom. The highest BCUT2D eigenvalue weighted by molar-refractivity contribution is 6.33. The molecule has 0 unspecified atom stereocenters. The second-order valence-corrected chi connectivity index (χ2v) is 4.70. The Balaban J connectivity index is 2.17. The van der Waals surface area contributed by atoms with Crippen LogP contribution in [0.25, 0.3) is 0 Å². The molecule has 0 fully saturated rings. The summed E-state index contributed by atoms with van der Waals surface area (Å²) < 4.78 is 0. The second kappa shape index (κ2) is 4.80. The van der Waals surface area contributed by atoms with Crippen LogP contribution in [0.5, 0.6) is 0 Å². The van der Waals surface area contributed by atoms with E-state index in [9.17, 15) is 4.79 Å². The predicted octanol–water partition coefficient (Wildman–Crippen LogP) is 2.71. The molecule has 1 aromatic carbocycles. The Morgan fingerprint density at radius 3 is 2.82 bits per heavy atom. The number of nitrogen functional groups attached to an aromatic ring is 1. The fourth-order valence-corrected chi connectivity index (χ4v) is 1.98. The number of hydrogen-bond acceptors (Lipinski definition) is 2. The molecule has 0 aromatic heterocycles. The summed E-state index contributed by atoms with van der Waals surface area (Å²) in [6, 6.07) is 5.01. The number of rotatable bonds is 1. The van der Waals surface area contributed by atoms with Gasteiger partial charge in [-0.25, -0.2) is 0 Å². The minimum atomic E-state index is 0.00986. The maximum atomic E-state index is 12.2. The largest absolute Gasteiger partial charge is 0.398 e. The van der Waals surface area contributed by atoms with Crippen LogP contribution in [-0.4, -0.2) is 23.9 Å². The summed E-state index contributed by atoms with van der Waals surface area (Å²) in [4.78, 5) is 14.0. The zero-order chi connectivity index (χ0) is 12.4. The smallest absolute Gasteiger partial charge is 0.254 e. The summed E-state index contributed by atoms with van der Waals surface area (Å²) in [5.41, 5.74) is 8.05. The van der Waals surface area contributed by atoms with E-state index in [2.05, 4.69) is 13.0 Å². The van der Waals surface area contributed by atoms with Crippen molar-refractivity contribution in [1.82, 2.24) is 4.90 Å². The molecule has 0 spiro atoms. The first-order valence-corrected chi connectivity index (χ1v) is 5.95. The molecule has 3 nitrogen and oxygen atoms in total. The van der Waals surface area contributed by atoms with Crippen molar-refractivity contribution in [2.24, 2.45) is 0 Å². The lowest BCUT2D eigenvalue weighted by atomic mass is 10.1. The number of carbonyl (C=O) groups is 1. The molecule has 4 heteroatoms. The molecule has 2 N–H and O–H groups in total. The first-order chi connectivity index (χ1) is 8.08. The third-order valence-electron chi connectivity index (χ3n) is 2.97. The summed E-state index contributed by atoms with van der Waals surface area (Å²) in [5, 5.41) is 0.430. The Labute approximate surface area is 106 Å². The summed E-state index contributed by atoms with van der Waals surface area (Å²) in [5.74, 6) is 0.00986. The summed E-state index contributed by atoms with van der Waals surface area (Å²) in [7, 11) is 0. The molecule has 1 amide bonds. The molecule has 1 heterocycles. The van der Waals surface area contributed by atoms with Gasteiger partial charge < -0.3 is 10.6 Å². The van der Waals surface area contributed by atoms with Crippen LogP contribution in [0.2, 0.25) is 5.02 Å². The molecule has 0 saturated heterocycles. The number of anilines is 1. The number of hydrogen-bond donors (Lipinski definition) is 1. The van der Waals surface area contributed by atoms with Crippen LogP contribution in [0.4, 0.5) is 5.69 Å². The maximum absolute atomic E-state index is 12.2. The highest BCUT2D eigenvalue weighted by Gasteiger charge is 2.17. The topological polar surface area (TPSA) is 46.3 Å². The Hall–Kier alpha value is -1.48. The van der Waals surface area contributed by atoms with Crippen molar-refractivity contribution >= 4 is 23.2 Å². The van der Waals surface area contributed by atoms with Gasteiger partial charge in [-0.05, 0) is 31.5 Å². The first kappa shape index (κ1) is 12.0. The van der Waals surface area contributed by atoms with E-state index in [0.29, 0.717) is 22.8 Å². The number of nitrogens with zero attached hydrogens (tertiary/aromatic N) is 1. The van der Waals surface area contributed by atoms with E-state index in [-0.39, 0.29) is 5.91 Å². The van der Waals surface area contributed by atoms with Crippen molar-refractivity contribution in [3.63, 3.8) is 0 Å². The lowest BCUT2D eigenvalue weighted by Gasteiger charge is -2.25. The molecule has 1 aromatic rings. The summed E-state index contributed by atoms with van der Waals surface area (Å²) >= 11 is 5.91. The molecule has 1 aliphatic rings. The van der Waals surface area contributed by atoms with Crippen molar-refractivity contribution in [1.29, 1.82) is 0 Å². The fraction of sp³-hybridized carbons (Fsp3) is 0.308. The van der Waals surface area contributed by atoms with Gasteiger partial charge in [-0.15, -0.1) is 0 Å². The highest BCUT2D eigenvalue weighted by atomic mass is 35.5. The van der Waals surface area contributed by atoms with Gasteiger partial charge in [0.25, 0.3) is 5.91 Å². The molecular weight excluding hydrogens is 236 g/mol. The Kier molecular flexibility index (Phi) is 3.38. The van der Waals surface area contributed by atoms with Crippen molar-refractivity contribution in [2.45, 2.75) is 13.3 Å². The van der Waals surface area contributed by atoms with Crippen LogP contribution in [0.15, 0.2) is 29.8 Å². The van der Waals surface area contributed by atoms with Crippen molar-refractivity contribution in [3.05, 3.63) is 40.4 Å². The fourth-order valence-electron chi connectivity index (χ4n) is 1.80. The highest BCUT2D eigenvalue weighted by Crippen LogP contribution is 2.21. The summed E-state index contributed by atoms with van der Waals surface area (Å²) in [6.07, 6.45) is 3.02. The average Bonchev–Trinajstić information content (AvgIpc) is 2.33. The van der Waals surface area contributed by atoms with Gasteiger partial charge in [-0.2, -0.15) is 0 Å². The molecule has 0 atom stereocenters. The molecule has 0 bridgehead atoms. The number of benzene rings is 1. The molecule has 0 saturated carbocycles. The van der Waals surface area contributed by atoms with Gasteiger partial charge in [0.05, 0.1) is 10.7 Å². The van der Waals surface area contributed by atoms with Crippen molar-refractivity contribution < 1.29 is 4.79 Å². The molecule has 17 heavy (non-hydrogen) atoms. The van der Waals surface area contributed by atoms with Gasteiger partial charge in [-0.1, -0.05) is 23.3 Å². The number of halogens is 1. The van der Waals surface area contributed by atoms with Gasteiger partial charge in [-0.3, -0.25) is 4.79 Å². The molecule has 1 aliphatic heterocycles. The van der Waals surface area contributed by atoms with E-state index in [1.807, 2.05) is 4.90 Å². The number of amides is 1. The Morgan fingerprint density at radius 1 is 1.47 bits per heavy atom. The minimum absolute atomic E-state index is 0.00986. The van der Waals surface area contributed by atoms with Gasteiger partial charge in [0.1, 0.15) is 0 Å². The predicted molar refractivity (Wildman–Crippen MR) is 70.1 cm³/mol. The van der Waals surface area contributed by atoms with Gasteiger partial charge >= 0.3 is 0 Å². The normalized spacial score (nSPS) is 15.6. The zero-order valence-corrected chi connectivity index (χ0v) is 10.5. The minimum Gasteiger partial charge on any atom is -0.398 e. The van der Waals surface area contributed by atoms with Crippen LogP contribution in [0.1, 0.15) is 23.7 Å². The van der Waals surface area contributed by atoms with E-state index in [1.165, 1.54) is 5.57 Å². The molecular formula is C13H15ClN2O. The van der Waals surface area contributed by atoms with Crippen LogP contribution in [0, 0.1) is 0 Å². The van der Waals surface area contributed by atoms with E-state index >= 15 is 0 Å². The van der Waals surface area contributed by atoms with E-state index in [1.54, 1.807) is 18.2 Å². The second-order valence-electron chi connectivity index (χ2n) is 4.29. The lowest BCUT2D eigenvalue weighted by molar-refractivity contribution is 0.0769. The van der Waals surface area contributed by atoms with Crippen molar-refractivity contribution in [2.75, 3.05) is 18.8 Å². The van der Waals surface area contributed by atoms with Gasteiger partial charge in [0, 0.05) is 18.7 Å². The zero-order valence-electron chi connectivity index (χ0n) is 9.74. The third-order valence-corrected chi connectivity index (χ3v) is 3.30. The van der Waals surface area contributed by atoms with Crippen molar-refractivity contribution in [3.8, 4) is 0 Å².